The van der Waals surface area contributed by atoms with Crippen molar-refractivity contribution in [1.82, 2.24) is 15.0 Å². The van der Waals surface area contributed by atoms with Crippen molar-refractivity contribution in [3.8, 4) is 0 Å². The zero-order valence-electron chi connectivity index (χ0n) is 12.7. The first kappa shape index (κ1) is 14.3. The molecule has 116 valence electrons. The third kappa shape index (κ3) is 3.18. The number of nitrogens with two attached hydrogens (primary N) is 1. The van der Waals surface area contributed by atoms with Gasteiger partial charge in [0.1, 0.15) is 0 Å². The molecule has 3 rings (SSSR count). The average molecular weight is 292 g/mol. The van der Waals surface area contributed by atoms with Crippen molar-refractivity contribution in [2.45, 2.75) is 38.6 Å². The number of ether oxygens (including phenoxy) is 1. The molecule has 0 amide bonds. The second-order valence-electron chi connectivity index (χ2n) is 5.64. The van der Waals surface area contributed by atoms with Gasteiger partial charge in [0.25, 0.3) is 0 Å². The fourth-order valence-corrected chi connectivity index (χ4v) is 3.09. The second-order valence-corrected chi connectivity index (χ2v) is 5.64. The summed E-state index contributed by atoms with van der Waals surface area (Å²) in [5.41, 5.74) is 5.91. The van der Waals surface area contributed by atoms with Crippen LogP contribution in [0.4, 0.5) is 17.8 Å². The van der Waals surface area contributed by atoms with Crippen LogP contribution in [0.5, 0.6) is 0 Å². The van der Waals surface area contributed by atoms with Crippen LogP contribution >= 0.6 is 0 Å². The molecule has 2 fully saturated rings. The Morgan fingerprint density at radius 3 is 2.62 bits per heavy atom. The molecule has 7 nitrogen and oxygen atoms in total. The Balaban J connectivity index is 1.85. The minimum atomic E-state index is 0.307. The van der Waals surface area contributed by atoms with Gasteiger partial charge in [-0.25, -0.2) is 0 Å². The third-order valence-electron chi connectivity index (χ3n) is 4.28. The molecule has 0 aromatic carbocycles. The molecule has 1 aromatic rings. The Bertz CT molecular complexity index is 477. The molecule has 21 heavy (non-hydrogen) atoms. The van der Waals surface area contributed by atoms with Crippen LogP contribution in [-0.2, 0) is 4.74 Å². The van der Waals surface area contributed by atoms with Gasteiger partial charge in [-0.3, -0.25) is 0 Å². The summed E-state index contributed by atoms with van der Waals surface area (Å²) >= 11 is 0. The average Bonchev–Trinajstić information content (AvgIpc) is 2.55. The van der Waals surface area contributed by atoms with E-state index in [9.17, 15) is 0 Å². The van der Waals surface area contributed by atoms with E-state index in [0.717, 1.165) is 32.0 Å². The van der Waals surface area contributed by atoms with E-state index in [-0.39, 0.29) is 0 Å². The summed E-state index contributed by atoms with van der Waals surface area (Å²) in [6.07, 6.45) is 4.79. The first-order chi connectivity index (χ1) is 10.3. The smallest absolute Gasteiger partial charge is 0.232 e. The predicted octanol–water partition coefficient (Wildman–Crippen LogP) is 1.06. The van der Waals surface area contributed by atoms with Crippen molar-refractivity contribution in [2.75, 3.05) is 48.4 Å². The lowest BCUT2D eigenvalue weighted by molar-refractivity contribution is 0.122. The summed E-state index contributed by atoms with van der Waals surface area (Å²) < 4.78 is 5.38. The molecule has 1 aromatic heterocycles. The van der Waals surface area contributed by atoms with Crippen molar-refractivity contribution >= 4 is 17.8 Å². The van der Waals surface area contributed by atoms with Gasteiger partial charge in [0, 0.05) is 25.7 Å². The molecule has 0 aliphatic carbocycles. The maximum absolute atomic E-state index is 5.91. The van der Waals surface area contributed by atoms with E-state index in [0.29, 0.717) is 31.2 Å². The second kappa shape index (κ2) is 6.43. The van der Waals surface area contributed by atoms with Crippen LogP contribution in [0.15, 0.2) is 0 Å². The number of rotatable bonds is 3. The molecular formula is C14H24N6O. The van der Waals surface area contributed by atoms with Crippen LogP contribution in [0.2, 0.25) is 0 Å². The van der Waals surface area contributed by atoms with Gasteiger partial charge in [-0.15, -0.1) is 0 Å². The van der Waals surface area contributed by atoms with Crippen LogP contribution in [-0.4, -0.2) is 53.8 Å². The lowest BCUT2D eigenvalue weighted by Gasteiger charge is -2.36. The maximum atomic E-state index is 5.91. The van der Waals surface area contributed by atoms with Gasteiger partial charge in [0.05, 0.1) is 13.2 Å². The van der Waals surface area contributed by atoms with Gasteiger partial charge < -0.3 is 20.3 Å². The molecule has 0 spiro atoms. The molecule has 0 saturated carbocycles. The third-order valence-corrected chi connectivity index (χ3v) is 4.28. The Morgan fingerprint density at radius 1 is 1.10 bits per heavy atom. The monoisotopic (exact) mass is 292 g/mol. The Hall–Kier alpha value is -1.63. The highest BCUT2D eigenvalue weighted by atomic mass is 16.5. The molecule has 2 N–H and O–H groups in total. The molecule has 0 bridgehead atoms. The SMILES string of the molecule is CCC1CCCCN1c1nc(N)nc(N2CCOCC2)n1. The number of morpholine rings is 1. The van der Waals surface area contributed by atoms with Crippen molar-refractivity contribution in [2.24, 2.45) is 0 Å². The number of aromatic nitrogens is 3. The number of piperidine rings is 1. The molecule has 0 radical (unpaired) electrons. The van der Waals surface area contributed by atoms with Crippen molar-refractivity contribution in [1.29, 1.82) is 0 Å². The van der Waals surface area contributed by atoms with Crippen molar-refractivity contribution in [3.63, 3.8) is 0 Å². The number of hydrogen-bond acceptors (Lipinski definition) is 7. The summed E-state index contributed by atoms with van der Waals surface area (Å²) in [4.78, 5) is 17.8. The van der Waals surface area contributed by atoms with E-state index >= 15 is 0 Å². The van der Waals surface area contributed by atoms with Crippen LogP contribution in [0.3, 0.4) is 0 Å². The highest BCUT2D eigenvalue weighted by Gasteiger charge is 2.25. The summed E-state index contributed by atoms with van der Waals surface area (Å²) in [5.74, 6) is 1.72. The van der Waals surface area contributed by atoms with Crippen LogP contribution in [0.25, 0.3) is 0 Å². The minimum absolute atomic E-state index is 0.307. The highest BCUT2D eigenvalue weighted by molar-refractivity contribution is 5.44. The van der Waals surface area contributed by atoms with E-state index in [1.807, 2.05) is 0 Å². The first-order valence-corrected chi connectivity index (χ1v) is 7.89. The van der Waals surface area contributed by atoms with Crippen LogP contribution < -0.4 is 15.5 Å². The Labute approximate surface area is 125 Å². The molecule has 2 aliphatic heterocycles. The van der Waals surface area contributed by atoms with E-state index in [1.54, 1.807) is 0 Å². The van der Waals surface area contributed by atoms with Gasteiger partial charge in [-0.05, 0) is 25.7 Å². The summed E-state index contributed by atoms with van der Waals surface area (Å²) in [7, 11) is 0. The van der Waals surface area contributed by atoms with Crippen LogP contribution in [0.1, 0.15) is 32.6 Å². The summed E-state index contributed by atoms with van der Waals surface area (Å²) in [5, 5.41) is 0. The Kier molecular flexibility index (Phi) is 4.38. The topological polar surface area (TPSA) is 80.4 Å². The van der Waals surface area contributed by atoms with Gasteiger partial charge in [-0.1, -0.05) is 6.92 Å². The van der Waals surface area contributed by atoms with Crippen LogP contribution in [0, 0.1) is 0 Å². The molecular weight excluding hydrogens is 268 g/mol. The fraction of sp³-hybridized carbons (Fsp3) is 0.786. The van der Waals surface area contributed by atoms with E-state index in [4.69, 9.17) is 10.5 Å². The largest absolute Gasteiger partial charge is 0.378 e. The first-order valence-electron chi connectivity index (χ1n) is 7.89. The molecule has 1 unspecified atom stereocenters. The van der Waals surface area contributed by atoms with Gasteiger partial charge in [-0.2, -0.15) is 15.0 Å². The fourth-order valence-electron chi connectivity index (χ4n) is 3.09. The molecule has 3 heterocycles. The molecule has 2 aliphatic rings. The van der Waals surface area contributed by atoms with E-state index in [1.165, 1.54) is 19.3 Å². The predicted molar refractivity (Wildman–Crippen MR) is 82.5 cm³/mol. The number of hydrogen-bond donors (Lipinski definition) is 1. The minimum Gasteiger partial charge on any atom is -0.378 e. The lowest BCUT2D eigenvalue weighted by Crippen LogP contribution is -2.41. The van der Waals surface area contributed by atoms with Gasteiger partial charge in [0.2, 0.25) is 17.8 Å². The maximum Gasteiger partial charge on any atom is 0.232 e. The molecule has 1 atom stereocenters. The van der Waals surface area contributed by atoms with E-state index < -0.39 is 0 Å². The normalized spacial score (nSPS) is 23.4. The number of nitrogens with zero attached hydrogens (tertiary/aromatic N) is 5. The number of anilines is 3. The van der Waals surface area contributed by atoms with E-state index in [2.05, 4.69) is 31.7 Å². The van der Waals surface area contributed by atoms with Crippen molar-refractivity contribution < 1.29 is 4.74 Å². The van der Waals surface area contributed by atoms with Gasteiger partial charge >= 0.3 is 0 Å². The summed E-state index contributed by atoms with van der Waals surface area (Å²) in [6, 6.07) is 0.512. The zero-order valence-corrected chi connectivity index (χ0v) is 12.7. The highest BCUT2D eigenvalue weighted by Crippen LogP contribution is 2.25. The molecule has 7 heteroatoms. The van der Waals surface area contributed by atoms with Gasteiger partial charge in [0.15, 0.2) is 0 Å². The summed E-state index contributed by atoms with van der Waals surface area (Å²) in [6.45, 7) is 6.26. The zero-order chi connectivity index (χ0) is 14.7. The quantitative estimate of drug-likeness (QED) is 0.892. The van der Waals surface area contributed by atoms with Crippen molar-refractivity contribution in [3.05, 3.63) is 0 Å². The standard InChI is InChI=1S/C14H24N6O/c1-2-11-5-3-4-6-20(11)14-17-12(15)16-13(18-14)19-7-9-21-10-8-19/h11H,2-10H2,1H3,(H2,15,16,17,18). The lowest BCUT2D eigenvalue weighted by atomic mass is 10.0. The molecule has 2 saturated heterocycles. The Morgan fingerprint density at radius 2 is 1.86 bits per heavy atom. The number of nitrogen functional groups attached to an aromatic ring is 1.